The number of hydrogen-bond donors (Lipinski definition) is 0. The summed E-state index contributed by atoms with van der Waals surface area (Å²) in [4.78, 5) is 18.0. The van der Waals surface area contributed by atoms with Gasteiger partial charge in [-0.25, -0.2) is 4.98 Å². The van der Waals surface area contributed by atoms with E-state index in [1.807, 2.05) is 31.2 Å². The Balaban J connectivity index is 1.58. The molecule has 5 rings (SSSR count). The Labute approximate surface area is 252 Å². The molecule has 0 spiro atoms. The van der Waals surface area contributed by atoms with E-state index in [0.29, 0.717) is 27.1 Å². The number of halogens is 5. The first-order chi connectivity index (χ1) is 20.1. The molecular formula is C31H22BrClF3N3O3. The summed E-state index contributed by atoms with van der Waals surface area (Å²) in [5, 5.41) is 4.82. The first kappa shape index (κ1) is 29.3. The lowest BCUT2D eigenvalue weighted by atomic mass is 10.1. The van der Waals surface area contributed by atoms with Gasteiger partial charge < -0.3 is 9.47 Å². The van der Waals surface area contributed by atoms with Crippen molar-refractivity contribution in [3.8, 4) is 22.9 Å². The number of benzene rings is 4. The number of para-hydroxylation sites is 1. The van der Waals surface area contributed by atoms with Gasteiger partial charge in [0.25, 0.3) is 5.56 Å². The van der Waals surface area contributed by atoms with Gasteiger partial charge in [0.15, 0.2) is 17.3 Å². The Morgan fingerprint density at radius 3 is 2.50 bits per heavy atom. The molecule has 5 aromatic rings. The standard InChI is InChI=1S/C31H22BrClF3N3O3/c1-18-10-12-19(13-11-18)17-42-28-25(41-2)15-21(26(32)27(28)33)16-37-39-29(20-6-5-7-22(14-20)31(34,35)36)38-24-9-4-3-8-23(24)30(39)40/h3-16H,17H2,1-2H3. The van der Waals surface area contributed by atoms with E-state index in [9.17, 15) is 18.0 Å². The molecular weight excluding hydrogens is 635 g/mol. The Kier molecular flexibility index (Phi) is 8.38. The van der Waals surface area contributed by atoms with Crippen molar-refractivity contribution in [2.45, 2.75) is 19.7 Å². The van der Waals surface area contributed by atoms with Gasteiger partial charge in [0.1, 0.15) is 11.6 Å². The number of aromatic nitrogens is 2. The van der Waals surface area contributed by atoms with E-state index in [4.69, 9.17) is 21.1 Å². The van der Waals surface area contributed by atoms with Crippen LogP contribution in [0.2, 0.25) is 5.02 Å². The third kappa shape index (κ3) is 6.05. The van der Waals surface area contributed by atoms with Gasteiger partial charge in [-0.3, -0.25) is 4.79 Å². The molecule has 4 aromatic carbocycles. The number of hydrogen-bond acceptors (Lipinski definition) is 5. The molecule has 0 N–H and O–H groups in total. The van der Waals surface area contributed by atoms with Crippen LogP contribution in [-0.4, -0.2) is 23.0 Å². The van der Waals surface area contributed by atoms with Crippen molar-refractivity contribution in [1.82, 2.24) is 9.66 Å². The van der Waals surface area contributed by atoms with Gasteiger partial charge in [0, 0.05) is 15.6 Å². The minimum Gasteiger partial charge on any atom is -0.493 e. The number of rotatable bonds is 7. The van der Waals surface area contributed by atoms with Crippen molar-refractivity contribution < 1.29 is 22.6 Å². The summed E-state index contributed by atoms with van der Waals surface area (Å²) in [5.41, 5.74) is 1.44. The van der Waals surface area contributed by atoms with Crippen LogP contribution in [0.25, 0.3) is 22.3 Å². The summed E-state index contributed by atoms with van der Waals surface area (Å²) in [6.45, 7) is 2.24. The predicted octanol–water partition coefficient (Wildman–Crippen LogP) is 8.28. The summed E-state index contributed by atoms with van der Waals surface area (Å²) in [7, 11) is 1.46. The molecule has 0 aliphatic carbocycles. The number of ether oxygens (including phenoxy) is 2. The highest BCUT2D eigenvalue weighted by Crippen LogP contribution is 2.42. The van der Waals surface area contributed by atoms with E-state index in [0.717, 1.165) is 27.9 Å². The molecule has 1 aromatic heterocycles. The summed E-state index contributed by atoms with van der Waals surface area (Å²) >= 11 is 10.1. The van der Waals surface area contributed by atoms with Crippen molar-refractivity contribution in [2.24, 2.45) is 5.10 Å². The van der Waals surface area contributed by atoms with E-state index in [1.54, 1.807) is 30.3 Å². The van der Waals surface area contributed by atoms with Crippen molar-refractivity contribution in [2.75, 3.05) is 7.11 Å². The average Bonchev–Trinajstić information content (AvgIpc) is 2.98. The van der Waals surface area contributed by atoms with Crippen LogP contribution in [0, 0.1) is 6.92 Å². The minimum absolute atomic E-state index is 0.0618. The normalized spacial score (nSPS) is 11.8. The Hall–Kier alpha value is -4.15. The molecule has 0 bridgehead atoms. The van der Waals surface area contributed by atoms with Gasteiger partial charge in [-0.05, 0) is 58.7 Å². The van der Waals surface area contributed by atoms with Crippen molar-refractivity contribution >= 4 is 44.6 Å². The Bertz CT molecular complexity index is 1870. The van der Waals surface area contributed by atoms with Crippen LogP contribution in [0.1, 0.15) is 22.3 Å². The Morgan fingerprint density at radius 1 is 1.05 bits per heavy atom. The van der Waals surface area contributed by atoms with E-state index >= 15 is 0 Å². The van der Waals surface area contributed by atoms with Crippen LogP contribution in [0.3, 0.4) is 0 Å². The minimum atomic E-state index is -4.58. The highest BCUT2D eigenvalue weighted by molar-refractivity contribution is 9.10. The van der Waals surface area contributed by atoms with Crippen LogP contribution >= 0.6 is 27.5 Å². The lowest BCUT2D eigenvalue weighted by molar-refractivity contribution is -0.137. The highest BCUT2D eigenvalue weighted by Gasteiger charge is 2.31. The maximum absolute atomic E-state index is 13.5. The quantitative estimate of drug-likeness (QED) is 0.166. The summed E-state index contributed by atoms with van der Waals surface area (Å²) in [6, 6.07) is 20.6. The zero-order valence-corrected chi connectivity index (χ0v) is 24.6. The van der Waals surface area contributed by atoms with Gasteiger partial charge in [-0.2, -0.15) is 22.9 Å². The second-order valence-electron chi connectivity index (χ2n) is 9.29. The van der Waals surface area contributed by atoms with Crippen molar-refractivity contribution in [3.05, 3.63) is 121 Å². The lowest BCUT2D eigenvalue weighted by Crippen LogP contribution is -2.20. The SMILES string of the molecule is COc1cc(C=Nn2c(-c3cccc(C(F)(F)F)c3)nc3ccccc3c2=O)c(Br)c(Cl)c1OCc1ccc(C)cc1. The van der Waals surface area contributed by atoms with E-state index < -0.39 is 17.3 Å². The molecule has 0 radical (unpaired) electrons. The van der Waals surface area contributed by atoms with E-state index in [2.05, 4.69) is 26.0 Å². The number of methoxy groups -OCH3 is 1. The van der Waals surface area contributed by atoms with Gasteiger partial charge in [-0.15, -0.1) is 0 Å². The maximum Gasteiger partial charge on any atom is 0.416 e. The maximum atomic E-state index is 13.5. The second-order valence-corrected chi connectivity index (χ2v) is 10.5. The van der Waals surface area contributed by atoms with E-state index in [1.165, 1.54) is 25.5 Å². The third-order valence-corrected chi connectivity index (χ3v) is 7.84. The van der Waals surface area contributed by atoms with Crippen molar-refractivity contribution in [1.29, 1.82) is 0 Å². The summed E-state index contributed by atoms with van der Waals surface area (Å²) in [5.74, 6) is 0.560. The molecule has 0 aliphatic rings. The fourth-order valence-corrected chi connectivity index (χ4v) is 4.85. The summed E-state index contributed by atoms with van der Waals surface area (Å²) < 4.78 is 53.3. The highest BCUT2D eigenvalue weighted by atomic mass is 79.9. The number of aryl methyl sites for hydroxylation is 1. The molecule has 0 fully saturated rings. The van der Waals surface area contributed by atoms with Crippen molar-refractivity contribution in [3.63, 3.8) is 0 Å². The van der Waals surface area contributed by atoms with Gasteiger partial charge in [-0.1, -0.05) is 65.7 Å². The van der Waals surface area contributed by atoms with Crippen LogP contribution in [0.4, 0.5) is 13.2 Å². The van der Waals surface area contributed by atoms with Gasteiger partial charge in [0.05, 0.1) is 29.8 Å². The molecule has 0 unspecified atom stereocenters. The largest absolute Gasteiger partial charge is 0.493 e. The smallest absolute Gasteiger partial charge is 0.416 e. The van der Waals surface area contributed by atoms with Crippen LogP contribution in [0.15, 0.2) is 93.2 Å². The Morgan fingerprint density at radius 2 is 1.79 bits per heavy atom. The molecule has 42 heavy (non-hydrogen) atoms. The molecule has 0 saturated carbocycles. The third-order valence-electron chi connectivity index (χ3n) is 6.39. The van der Waals surface area contributed by atoms with Crippen LogP contribution in [0.5, 0.6) is 11.5 Å². The average molecular weight is 657 g/mol. The topological polar surface area (TPSA) is 65.7 Å². The number of alkyl halides is 3. The fraction of sp³-hybridized carbons (Fsp3) is 0.129. The number of nitrogens with zero attached hydrogens (tertiary/aromatic N) is 3. The zero-order chi connectivity index (χ0) is 30.0. The van der Waals surface area contributed by atoms with Gasteiger partial charge >= 0.3 is 6.18 Å². The molecule has 0 aliphatic heterocycles. The first-order valence-electron chi connectivity index (χ1n) is 12.5. The molecule has 214 valence electrons. The lowest BCUT2D eigenvalue weighted by Gasteiger charge is -2.15. The second kappa shape index (κ2) is 12.0. The predicted molar refractivity (Wildman–Crippen MR) is 161 cm³/mol. The molecule has 0 amide bonds. The molecule has 11 heteroatoms. The zero-order valence-electron chi connectivity index (χ0n) is 22.2. The van der Waals surface area contributed by atoms with E-state index in [-0.39, 0.29) is 28.4 Å². The molecule has 0 saturated heterocycles. The monoisotopic (exact) mass is 655 g/mol. The van der Waals surface area contributed by atoms with Crippen LogP contribution < -0.4 is 15.0 Å². The molecule has 1 heterocycles. The number of fused-ring (bicyclic) bond motifs is 1. The first-order valence-corrected chi connectivity index (χ1v) is 13.7. The van der Waals surface area contributed by atoms with Crippen LogP contribution in [-0.2, 0) is 12.8 Å². The molecule has 0 atom stereocenters. The van der Waals surface area contributed by atoms with Gasteiger partial charge in [0.2, 0.25) is 0 Å². The molecule has 6 nitrogen and oxygen atoms in total. The summed E-state index contributed by atoms with van der Waals surface area (Å²) in [6.07, 6.45) is -3.24. The fourth-order valence-electron chi connectivity index (χ4n) is 4.20.